The van der Waals surface area contributed by atoms with Crippen molar-refractivity contribution in [3.8, 4) is 0 Å². The maximum Gasteiger partial charge on any atom is 0.0960 e. The summed E-state index contributed by atoms with van der Waals surface area (Å²) in [5.74, 6) is 1.53. The Kier molecular flexibility index (Phi) is 5.44. The van der Waals surface area contributed by atoms with Gasteiger partial charge in [-0.1, -0.05) is 35.6 Å². The highest BCUT2D eigenvalue weighted by atomic mass is 35.5. The molecular weight excluding hydrogens is 243 g/mol. The molecule has 1 aliphatic heterocycles. The van der Waals surface area contributed by atoms with Crippen LogP contribution in [0, 0.1) is 0 Å². The number of halogens is 2. The molecule has 0 atom stereocenters. The van der Waals surface area contributed by atoms with Crippen molar-refractivity contribution in [2.45, 2.75) is 38.8 Å². The summed E-state index contributed by atoms with van der Waals surface area (Å²) in [7, 11) is -1.18. The van der Waals surface area contributed by atoms with E-state index in [2.05, 4.69) is 24.5 Å². The Hall–Kier alpha value is 0.277. The van der Waals surface area contributed by atoms with Gasteiger partial charge in [0.25, 0.3) is 0 Å². The van der Waals surface area contributed by atoms with Gasteiger partial charge in [-0.25, -0.2) is 0 Å². The quantitative estimate of drug-likeness (QED) is 0.482. The summed E-state index contributed by atoms with van der Waals surface area (Å²) in [4.78, 5) is 0. The maximum atomic E-state index is 5.75. The fourth-order valence-electron chi connectivity index (χ4n) is 2.11. The van der Waals surface area contributed by atoms with Crippen molar-refractivity contribution < 1.29 is 0 Å². The molecule has 0 aromatic carbocycles. The molecular formula is C12H20Cl2Si. The molecule has 0 saturated carbocycles. The molecule has 0 radical (unpaired) electrons. The molecule has 15 heavy (non-hydrogen) atoms. The van der Waals surface area contributed by atoms with Crippen LogP contribution in [-0.4, -0.2) is 19.8 Å². The van der Waals surface area contributed by atoms with Crippen LogP contribution in [0.1, 0.15) is 25.7 Å². The average Bonchev–Trinajstić information content (AvgIpc) is 2.47. The summed E-state index contributed by atoms with van der Waals surface area (Å²) >= 11 is 11.5. The molecule has 3 heteroatoms. The zero-order chi connectivity index (χ0) is 11.3. The molecule has 0 aromatic heterocycles. The van der Waals surface area contributed by atoms with Crippen LogP contribution in [0.3, 0.4) is 0 Å². The standard InChI is InChI=1S/C12H20Cl2Si/c1-15(2)9-11(5-3-7-13)12(10-15)6-4-8-14/h9-10H,3-8H2,1-2H3. The van der Waals surface area contributed by atoms with Gasteiger partial charge >= 0.3 is 0 Å². The van der Waals surface area contributed by atoms with Gasteiger partial charge in [0.2, 0.25) is 0 Å². The van der Waals surface area contributed by atoms with Gasteiger partial charge in [0.15, 0.2) is 0 Å². The minimum atomic E-state index is -1.18. The van der Waals surface area contributed by atoms with Gasteiger partial charge < -0.3 is 0 Å². The van der Waals surface area contributed by atoms with E-state index in [1.807, 2.05) is 0 Å². The molecule has 0 N–H and O–H groups in total. The Balaban J connectivity index is 2.62. The van der Waals surface area contributed by atoms with Gasteiger partial charge in [0.1, 0.15) is 0 Å². The van der Waals surface area contributed by atoms with Gasteiger partial charge in [0.05, 0.1) is 8.07 Å². The first kappa shape index (κ1) is 13.3. The van der Waals surface area contributed by atoms with Crippen LogP contribution in [-0.2, 0) is 0 Å². The first-order chi connectivity index (χ1) is 7.09. The summed E-state index contributed by atoms with van der Waals surface area (Å²) in [5, 5.41) is 0. The largest absolute Gasteiger partial charge is 0.127 e. The molecule has 1 rings (SSSR count). The first-order valence-electron chi connectivity index (χ1n) is 5.65. The van der Waals surface area contributed by atoms with Crippen molar-refractivity contribution in [1.82, 2.24) is 0 Å². The SMILES string of the molecule is C[Si]1(C)C=C(CCCCl)C(CCCCl)=C1. The lowest BCUT2D eigenvalue weighted by molar-refractivity contribution is 0.864. The van der Waals surface area contributed by atoms with Crippen molar-refractivity contribution in [3.05, 3.63) is 22.5 Å². The molecule has 0 saturated heterocycles. The van der Waals surface area contributed by atoms with Crippen molar-refractivity contribution in [1.29, 1.82) is 0 Å². The van der Waals surface area contributed by atoms with Crippen molar-refractivity contribution in [2.75, 3.05) is 11.8 Å². The second kappa shape index (κ2) is 6.12. The Morgan fingerprint density at radius 1 is 0.933 bits per heavy atom. The molecule has 0 fully saturated rings. The van der Waals surface area contributed by atoms with Crippen LogP contribution in [0.15, 0.2) is 22.5 Å². The summed E-state index contributed by atoms with van der Waals surface area (Å²) in [6.45, 7) is 4.78. The number of rotatable bonds is 6. The molecule has 0 aliphatic carbocycles. The molecule has 0 bridgehead atoms. The fraction of sp³-hybridized carbons (Fsp3) is 0.667. The van der Waals surface area contributed by atoms with Crippen LogP contribution >= 0.6 is 23.2 Å². The van der Waals surface area contributed by atoms with E-state index in [4.69, 9.17) is 23.2 Å². The number of allylic oxidation sites excluding steroid dienone is 2. The van der Waals surface area contributed by atoms with Gasteiger partial charge in [-0.3, -0.25) is 0 Å². The Labute approximate surface area is 104 Å². The lowest BCUT2D eigenvalue weighted by atomic mass is 10.0. The predicted molar refractivity (Wildman–Crippen MR) is 73.6 cm³/mol. The molecule has 0 amide bonds. The lowest BCUT2D eigenvalue weighted by Crippen LogP contribution is -2.16. The summed E-state index contributed by atoms with van der Waals surface area (Å²) in [6.07, 6.45) is 4.48. The normalized spacial score (nSPS) is 18.9. The van der Waals surface area contributed by atoms with E-state index >= 15 is 0 Å². The van der Waals surface area contributed by atoms with E-state index in [9.17, 15) is 0 Å². The van der Waals surface area contributed by atoms with Crippen molar-refractivity contribution >= 4 is 31.3 Å². The van der Waals surface area contributed by atoms with Crippen LogP contribution in [0.25, 0.3) is 0 Å². The number of alkyl halides is 2. The molecule has 0 nitrogen and oxygen atoms in total. The topological polar surface area (TPSA) is 0 Å². The third-order valence-electron chi connectivity index (χ3n) is 2.66. The number of hydrogen-bond donors (Lipinski definition) is 0. The van der Waals surface area contributed by atoms with Crippen LogP contribution < -0.4 is 0 Å². The van der Waals surface area contributed by atoms with E-state index in [1.165, 1.54) is 0 Å². The van der Waals surface area contributed by atoms with Gasteiger partial charge in [-0.05, 0) is 25.7 Å². The van der Waals surface area contributed by atoms with Gasteiger partial charge in [0, 0.05) is 11.8 Å². The van der Waals surface area contributed by atoms with Gasteiger partial charge in [-0.15, -0.1) is 23.2 Å². The molecule has 0 unspecified atom stereocenters. The Morgan fingerprint density at radius 2 is 1.33 bits per heavy atom. The van der Waals surface area contributed by atoms with Crippen LogP contribution in [0.4, 0.5) is 0 Å². The minimum absolute atomic E-state index is 0.766. The predicted octanol–water partition coefficient (Wildman–Crippen LogP) is 4.68. The Bertz CT molecular complexity index is 241. The van der Waals surface area contributed by atoms with Crippen molar-refractivity contribution in [3.63, 3.8) is 0 Å². The zero-order valence-corrected chi connectivity index (χ0v) is 12.2. The monoisotopic (exact) mass is 262 g/mol. The Morgan fingerprint density at radius 3 is 1.67 bits per heavy atom. The molecule has 0 aromatic rings. The van der Waals surface area contributed by atoms with E-state index in [-0.39, 0.29) is 0 Å². The zero-order valence-electron chi connectivity index (χ0n) is 9.65. The third kappa shape index (κ3) is 4.34. The van der Waals surface area contributed by atoms with Crippen LogP contribution in [0.2, 0.25) is 13.1 Å². The average molecular weight is 263 g/mol. The molecule has 1 aliphatic rings. The van der Waals surface area contributed by atoms with E-state index < -0.39 is 8.07 Å². The molecule has 1 heterocycles. The number of hydrogen-bond acceptors (Lipinski definition) is 0. The molecule has 0 spiro atoms. The minimum Gasteiger partial charge on any atom is -0.127 e. The fourth-order valence-corrected chi connectivity index (χ4v) is 4.91. The second-order valence-electron chi connectivity index (χ2n) is 4.75. The molecule has 86 valence electrons. The smallest absolute Gasteiger partial charge is 0.0960 e. The summed E-state index contributed by atoms with van der Waals surface area (Å²) in [5.41, 5.74) is 8.14. The van der Waals surface area contributed by atoms with Crippen LogP contribution in [0.5, 0.6) is 0 Å². The summed E-state index contributed by atoms with van der Waals surface area (Å²) in [6, 6.07) is 0. The first-order valence-corrected chi connectivity index (χ1v) is 9.87. The highest BCUT2D eigenvalue weighted by Crippen LogP contribution is 2.31. The van der Waals surface area contributed by atoms with Crippen molar-refractivity contribution in [2.24, 2.45) is 0 Å². The highest BCUT2D eigenvalue weighted by Gasteiger charge is 2.24. The summed E-state index contributed by atoms with van der Waals surface area (Å²) < 4.78 is 0. The van der Waals surface area contributed by atoms with Gasteiger partial charge in [-0.2, -0.15) is 0 Å². The maximum absolute atomic E-state index is 5.75. The highest BCUT2D eigenvalue weighted by molar-refractivity contribution is 6.87. The van der Waals surface area contributed by atoms with E-state index in [0.717, 1.165) is 37.4 Å². The lowest BCUT2D eigenvalue weighted by Gasteiger charge is -2.06. The van der Waals surface area contributed by atoms with E-state index in [1.54, 1.807) is 11.1 Å². The third-order valence-corrected chi connectivity index (χ3v) is 5.38. The second-order valence-corrected chi connectivity index (χ2v) is 9.72. The van der Waals surface area contributed by atoms with E-state index in [0.29, 0.717) is 0 Å².